The molecule has 0 radical (unpaired) electrons. The average molecular weight is 443 g/mol. The number of nitrogens with one attached hydrogen (secondary N) is 2. The van der Waals surface area contributed by atoms with Crippen LogP contribution >= 0.6 is 11.5 Å². The molecule has 10 nitrogen and oxygen atoms in total. The smallest absolute Gasteiger partial charge is 0.180 e. The Morgan fingerprint density at radius 1 is 1.19 bits per heavy atom. The number of anilines is 2. The first-order chi connectivity index (χ1) is 15.2. The van der Waals surface area contributed by atoms with Gasteiger partial charge in [-0.05, 0) is 24.5 Å². The quantitative estimate of drug-likeness (QED) is 0.365. The summed E-state index contributed by atoms with van der Waals surface area (Å²) in [5.74, 6) is 0.695. The summed E-state index contributed by atoms with van der Waals surface area (Å²) < 4.78 is 17.1. The number of hydrogen-bond acceptors (Lipinski definition) is 9. The second-order valence-electron chi connectivity index (χ2n) is 7.12. The molecule has 0 saturated heterocycles. The van der Waals surface area contributed by atoms with Crippen molar-refractivity contribution in [2.45, 2.75) is 13.5 Å². The standard InChI is InChI=1S/C20H26N8O2S/c1-14-12-28-17(15-9-22-23-10-15)11-21-20(28)19(24-14)25-18-8-16(26-31-18)13-27(4-6-29-2)5-7-30-3/h8-12H,4-7,13H2,1-3H3,(H,22,23)(H,24,25). The first-order valence-corrected chi connectivity index (χ1v) is 10.7. The summed E-state index contributed by atoms with van der Waals surface area (Å²) in [7, 11) is 3.42. The summed E-state index contributed by atoms with van der Waals surface area (Å²) >= 11 is 1.41. The Labute approximate surface area is 184 Å². The van der Waals surface area contributed by atoms with Crippen LogP contribution in [-0.4, -0.2) is 74.4 Å². The van der Waals surface area contributed by atoms with E-state index in [1.165, 1.54) is 11.5 Å². The van der Waals surface area contributed by atoms with Gasteiger partial charge in [0, 0.05) is 51.8 Å². The van der Waals surface area contributed by atoms with Gasteiger partial charge in [0.25, 0.3) is 0 Å². The van der Waals surface area contributed by atoms with Crippen molar-refractivity contribution in [1.82, 2.24) is 33.8 Å². The molecule has 31 heavy (non-hydrogen) atoms. The Morgan fingerprint density at radius 3 is 2.71 bits per heavy atom. The average Bonchev–Trinajstić information content (AvgIpc) is 3.50. The fourth-order valence-electron chi connectivity index (χ4n) is 3.30. The normalized spacial score (nSPS) is 11.6. The van der Waals surface area contributed by atoms with Crippen molar-refractivity contribution in [1.29, 1.82) is 0 Å². The van der Waals surface area contributed by atoms with Crippen LogP contribution in [0.4, 0.5) is 10.8 Å². The predicted molar refractivity (Wildman–Crippen MR) is 120 cm³/mol. The topological polar surface area (TPSA) is 105 Å². The summed E-state index contributed by atoms with van der Waals surface area (Å²) in [5, 5.41) is 11.2. The first kappa shape index (κ1) is 21.4. The molecule has 0 aliphatic rings. The number of fused-ring (bicyclic) bond motifs is 1. The van der Waals surface area contributed by atoms with Crippen LogP contribution in [0, 0.1) is 6.92 Å². The maximum atomic E-state index is 5.22. The third-order valence-corrected chi connectivity index (χ3v) is 5.56. The largest absolute Gasteiger partial charge is 0.383 e. The molecule has 0 bridgehead atoms. The van der Waals surface area contributed by atoms with Gasteiger partial charge in [-0.1, -0.05) is 0 Å². The van der Waals surface area contributed by atoms with Gasteiger partial charge < -0.3 is 14.8 Å². The SMILES string of the molecule is COCCN(CCOC)Cc1cc(Nc2nc(C)cn3c(-c4cn[nH]c4)cnc23)sn1. The number of imidazole rings is 1. The molecule has 164 valence electrons. The van der Waals surface area contributed by atoms with E-state index in [2.05, 4.69) is 40.8 Å². The molecule has 0 aliphatic carbocycles. The van der Waals surface area contributed by atoms with Crippen molar-refractivity contribution in [3.05, 3.63) is 42.2 Å². The molecule has 0 fully saturated rings. The van der Waals surface area contributed by atoms with E-state index in [0.717, 1.165) is 52.9 Å². The summed E-state index contributed by atoms with van der Waals surface area (Å²) in [4.78, 5) is 11.5. The predicted octanol–water partition coefficient (Wildman–Crippen LogP) is 2.72. The second kappa shape index (κ2) is 9.96. The van der Waals surface area contributed by atoms with Crippen molar-refractivity contribution < 1.29 is 9.47 Å². The molecule has 0 saturated carbocycles. The first-order valence-electron chi connectivity index (χ1n) is 9.94. The minimum atomic E-state index is 0.670. The number of aryl methyl sites for hydroxylation is 1. The van der Waals surface area contributed by atoms with Crippen molar-refractivity contribution in [2.75, 3.05) is 45.8 Å². The van der Waals surface area contributed by atoms with Crippen LogP contribution < -0.4 is 5.32 Å². The van der Waals surface area contributed by atoms with Crippen molar-refractivity contribution in [3.63, 3.8) is 0 Å². The van der Waals surface area contributed by atoms with Crippen LogP contribution in [0.1, 0.15) is 11.4 Å². The van der Waals surface area contributed by atoms with E-state index in [9.17, 15) is 0 Å². The summed E-state index contributed by atoms with van der Waals surface area (Å²) in [5.41, 5.74) is 4.54. The minimum absolute atomic E-state index is 0.670. The Hall–Kier alpha value is -2.86. The van der Waals surface area contributed by atoms with Crippen LogP contribution in [0.3, 0.4) is 0 Å². The zero-order valence-electron chi connectivity index (χ0n) is 17.8. The lowest BCUT2D eigenvalue weighted by molar-refractivity contribution is 0.110. The third-order valence-electron chi connectivity index (χ3n) is 4.82. The van der Waals surface area contributed by atoms with Gasteiger partial charge in [0.05, 0.1) is 42.7 Å². The van der Waals surface area contributed by atoms with E-state index in [-0.39, 0.29) is 0 Å². The maximum Gasteiger partial charge on any atom is 0.180 e. The number of hydrogen-bond donors (Lipinski definition) is 2. The van der Waals surface area contributed by atoms with Gasteiger partial charge in [-0.3, -0.25) is 14.4 Å². The molecule has 0 spiro atoms. The molecule has 4 heterocycles. The molecule has 4 rings (SSSR count). The number of rotatable bonds is 11. The molecule has 4 aromatic rings. The highest BCUT2D eigenvalue weighted by molar-refractivity contribution is 7.10. The highest BCUT2D eigenvalue weighted by atomic mass is 32.1. The Balaban J connectivity index is 1.53. The van der Waals surface area contributed by atoms with Gasteiger partial charge in [0.1, 0.15) is 5.00 Å². The summed E-state index contributed by atoms with van der Waals surface area (Å²) in [6.07, 6.45) is 7.42. The monoisotopic (exact) mass is 442 g/mol. The summed E-state index contributed by atoms with van der Waals surface area (Å²) in [6.45, 7) is 5.68. The molecule has 0 aromatic carbocycles. The molecule has 0 unspecified atom stereocenters. The minimum Gasteiger partial charge on any atom is -0.383 e. The van der Waals surface area contributed by atoms with E-state index in [1.54, 1.807) is 20.4 Å². The van der Waals surface area contributed by atoms with Crippen LogP contribution in [0.25, 0.3) is 16.9 Å². The van der Waals surface area contributed by atoms with E-state index in [0.29, 0.717) is 19.0 Å². The van der Waals surface area contributed by atoms with Gasteiger partial charge in [-0.15, -0.1) is 0 Å². The fourth-order valence-corrected chi connectivity index (χ4v) is 3.96. The van der Waals surface area contributed by atoms with E-state index in [1.807, 2.05) is 29.9 Å². The van der Waals surface area contributed by atoms with E-state index < -0.39 is 0 Å². The second-order valence-corrected chi connectivity index (χ2v) is 7.93. The van der Waals surface area contributed by atoms with Crippen molar-refractivity contribution in [3.8, 4) is 11.3 Å². The molecule has 0 atom stereocenters. The number of methoxy groups -OCH3 is 2. The third kappa shape index (κ3) is 5.07. The maximum absolute atomic E-state index is 5.22. The molecule has 0 aliphatic heterocycles. The zero-order chi connectivity index (χ0) is 21.6. The van der Waals surface area contributed by atoms with Gasteiger partial charge in [-0.25, -0.2) is 9.97 Å². The highest BCUT2D eigenvalue weighted by Crippen LogP contribution is 2.27. The van der Waals surface area contributed by atoms with Gasteiger partial charge in [-0.2, -0.15) is 9.47 Å². The van der Waals surface area contributed by atoms with Crippen LogP contribution in [0.2, 0.25) is 0 Å². The van der Waals surface area contributed by atoms with Gasteiger partial charge in [0.2, 0.25) is 0 Å². The van der Waals surface area contributed by atoms with Gasteiger partial charge in [0.15, 0.2) is 11.5 Å². The number of ether oxygens (including phenoxy) is 2. The summed E-state index contributed by atoms with van der Waals surface area (Å²) in [6, 6.07) is 2.05. The molecular formula is C20H26N8O2S. The lowest BCUT2D eigenvalue weighted by Crippen LogP contribution is -2.30. The fraction of sp³-hybridized carbons (Fsp3) is 0.400. The molecule has 11 heteroatoms. The lowest BCUT2D eigenvalue weighted by Gasteiger charge is -2.20. The molecule has 4 aromatic heterocycles. The molecule has 0 amide bonds. The Kier molecular flexibility index (Phi) is 6.87. The van der Waals surface area contributed by atoms with Crippen LogP contribution in [-0.2, 0) is 16.0 Å². The molecule has 2 N–H and O–H groups in total. The lowest BCUT2D eigenvalue weighted by atomic mass is 10.3. The number of aromatic amines is 1. The number of H-pyrrole nitrogens is 1. The number of nitrogens with zero attached hydrogens (tertiary/aromatic N) is 6. The van der Waals surface area contributed by atoms with Crippen LogP contribution in [0.15, 0.2) is 30.9 Å². The van der Waals surface area contributed by atoms with E-state index in [4.69, 9.17) is 9.47 Å². The van der Waals surface area contributed by atoms with Crippen molar-refractivity contribution >= 4 is 28.0 Å². The zero-order valence-corrected chi connectivity index (χ0v) is 18.6. The van der Waals surface area contributed by atoms with E-state index >= 15 is 0 Å². The Morgan fingerprint density at radius 2 is 2.00 bits per heavy atom. The Bertz CT molecular complexity index is 1100. The van der Waals surface area contributed by atoms with Gasteiger partial charge >= 0.3 is 0 Å². The number of aromatic nitrogens is 6. The molecular weight excluding hydrogens is 416 g/mol. The van der Waals surface area contributed by atoms with Crippen molar-refractivity contribution in [2.24, 2.45) is 0 Å². The van der Waals surface area contributed by atoms with Crippen LogP contribution in [0.5, 0.6) is 0 Å². The highest BCUT2D eigenvalue weighted by Gasteiger charge is 2.14.